The maximum absolute atomic E-state index is 11.6. The van der Waals surface area contributed by atoms with Crippen LogP contribution in [0.5, 0.6) is 0 Å². The van der Waals surface area contributed by atoms with Crippen molar-refractivity contribution >= 4 is 17.3 Å². The number of ether oxygens (including phenoxy) is 1. The van der Waals surface area contributed by atoms with Crippen LogP contribution >= 0.6 is 0 Å². The van der Waals surface area contributed by atoms with E-state index in [0.717, 1.165) is 17.8 Å². The Morgan fingerprint density at radius 1 is 1.47 bits per heavy atom. The van der Waals surface area contributed by atoms with E-state index >= 15 is 0 Å². The van der Waals surface area contributed by atoms with Gasteiger partial charge in [-0.1, -0.05) is 0 Å². The van der Waals surface area contributed by atoms with Crippen LogP contribution in [-0.4, -0.2) is 44.7 Å². The van der Waals surface area contributed by atoms with E-state index in [9.17, 15) is 4.79 Å². The molecule has 0 aliphatic rings. The third-order valence-electron chi connectivity index (χ3n) is 3.28. The van der Waals surface area contributed by atoms with E-state index in [1.807, 2.05) is 27.1 Å². The van der Waals surface area contributed by atoms with Gasteiger partial charge in [-0.15, -0.1) is 0 Å². The molecular weight excluding hydrogens is 242 g/mol. The minimum absolute atomic E-state index is 0.388. The molecule has 0 bridgehead atoms. The molecule has 19 heavy (non-hydrogen) atoms. The van der Waals surface area contributed by atoms with E-state index in [1.165, 1.54) is 7.11 Å². The summed E-state index contributed by atoms with van der Waals surface area (Å²) in [4.78, 5) is 13.8. The third-order valence-corrected chi connectivity index (χ3v) is 3.28. The summed E-state index contributed by atoms with van der Waals surface area (Å²) in [6.45, 7) is 4.79. The number of nitrogens with one attached hydrogen (secondary N) is 1. The Hall–Kier alpha value is -1.75. The van der Waals surface area contributed by atoms with Gasteiger partial charge in [0.25, 0.3) is 0 Å². The van der Waals surface area contributed by atoms with Crippen molar-refractivity contribution in [2.45, 2.75) is 19.9 Å². The fourth-order valence-corrected chi connectivity index (χ4v) is 1.63. The molecule has 0 heterocycles. The first kappa shape index (κ1) is 15.3. The van der Waals surface area contributed by atoms with Crippen molar-refractivity contribution < 1.29 is 9.53 Å². The largest absolute Gasteiger partial charge is 0.465 e. The van der Waals surface area contributed by atoms with Crippen molar-refractivity contribution in [3.05, 3.63) is 23.3 Å². The van der Waals surface area contributed by atoms with Crippen LogP contribution in [0.3, 0.4) is 0 Å². The lowest BCUT2D eigenvalue weighted by molar-refractivity contribution is 0.0602. The molecule has 1 unspecified atom stereocenters. The van der Waals surface area contributed by atoms with Crippen LogP contribution < -0.4 is 11.1 Å². The fourth-order valence-electron chi connectivity index (χ4n) is 1.63. The van der Waals surface area contributed by atoms with Gasteiger partial charge in [0, 0.05) is 24.0 Å². The molecule has 1 atom stereocenters. The predicted octanol–water partition coefficient (Wildman–Crippen LogP) is 1.73. The first-order valence-corrected chi connectivity index (χ1v) is 6.25. The first-order chi connectivity index (χ1) is 8.86. The SMILES string of the molecule is COC(=O)c1cc(NCC(C)N(C)C)cc(C)c1N. The summed E-state index contributed by atoms with van der Waals surface area (Å²) in [5.41, 5.74) is 8.51. The number of carbonyl (C=O) groups is 1. The zero-order valence-electron chi connectivity index (χ0n) is 12.3. The van der Waals surface area contributed by atoms with Gasteiger partial charge in [-0.3, -0.25) is 0 Å². The van der Waals surface area contributed by atoms with E-state index < -0.39 is 5.97 Å². The standard InChI is InChI=1S/C14H23N3O2/c1-9-6-11(16-8-10(2)17(3)4)7-12(13(9)15)14(18)19-5/h6-7,10,16H,8,15H2,1-5H3. The Morgan fingerprint density at radius 3 is 2.63 bits per heavy atom. The molecule has 0 amide bonds. The highest BCUT2D eigenvalue weighted by molar-refractivity contribution is 5.97. The summed E-state index contributed by atoms with van der Waals surface area (Å²) >= 11 is 0. The van der Waals surface area contributed by atoms with Crippen molar-refractivity contribution in [3.8, 4) is 0 Å². The van der Waals surface area contributed by atoms with Crippen molar-refractivity contribution in [1.82, 2.24) is 4.90 Å². The smallest absolute Gasteiger partial charge is 0.340 e. The zero-order valence-corrected chi connectivity index (χ0v) is 12.3. The van der Waals surface area contributed by atoms with Crippen LogP contribution in [-0.2, 0) is 4.74 Å². The number of hydrogen-bond acceptors (Lipinski definition) is 5. The zero-order chi connectivity index (χ0) is 14.6. The minimum atomic E-state index is -0.412. The summed E-state index contributed by atoms with van der Waals surface area (Å²) in [6.07, 6.45) is 0. The number of anilines is 2. The van der Waals surface area contributed by atoms with Crippen LogP contribution in [0, 0.1) is 6.92 Å². The maximum atomic E-state index is 11.6. The number of esters is 1. The highest BCUT2D eigenvalue weighted by Crippen LogP contribution is 2.23. The number of nitrogen functional groups attached to an aromatic ring is 1. The van der Waals surface area contributed by atoms with Gasteiger partial charge in [-0.25, -0.2) is 4.79 Å². The molecule has 1 aromatic carbocycles. The monoisotopic (exact) mass is 265 g/mol. The quantitative estimate of drug-likeness (QED) is 0.627. The summed E-state index contributed by atoms with van der Waals surface area (Å²) in [5.74, 6) is -0.412. The number of nitrogens with two attached hydrogens (primary N) is 1. The van der Waals surface area contributed by atoms with Gasteiger partial charge >= 0.3 is 5.97 Å². The average molecular weight is 265 g/mol. The molecular formula is C14H23N3O2. The molecule has 1 aromatic rings. The molecule has 5 nitrogen and oxygen atoms in total. The summed E-state index contributed by atoms with van der Waals surface area (Å²) in [7, 11) is 5.41. The third kappa shape index (κ3) is 3.86. The van der Waals surface area contributed by atoms with Crippen LogP contribution in [0.2, 0.25) is 0 Å². The number of methoxy groups -OCH3 is 1. The molecule has 5 heteroatoms. The van der Waals surface area contributed by atoms with Crippen LogP contribution in [0.4, 0.5) is 11.4 Å². The molecule has 0 aliphatic heterocycles. The topological polar surface area (TPSA) is 67.6 Å². The molecule has 0 fully saturated rings. The second-order valence-corrected chi connectivity index (χ2v) is 4.94. The summed E-state index contributed by atoms with van der Waals surface area (Å²) in [5, 5.41) is 3.31. The van der Waals surface area contributed by atoms with Crippen molar-refractivity contribution in [2.75, 3.05) is 38.8 Å². The Balaban J connectivity index is 2.91. The molecule has 1 rings (SSSR count). The lowest BCUT2D eigenvalue weighted by atomic mass is 10.1. The van der Waals surface area contributed by atoms with E-state index in [-0.39, 0.29) is 0 Å². The lowest BCUT2D eigenvalue weighted by Gasteiger charge is -2.21. The Morgan fingerprint density at radius 2 is 2.11 bits per heavy atom. The van der Waals surface area contributed by atoms with Gasteiger partial charge < -0.3 is 20.7 Å². The number of likely N-dealkylation sites (N-methyl/N-ethyl adjacent to an activating group) is 1. The number of hydrogen-bond donors (Lipinski definition) is 2. The van der Waals surface area contributed by atoms with Gasteiger partial charge in [0.2, 0.25) is 0 Å². The second kappa shape index (κ2) is 6.43. The average Bonchev–Trinajstić information content (AvgIpc) is 2.38. The maximum Gasteiger partial charge on any atom is 0.340 e. The van der Waals surface area contributed by atoms with Crippen molar-refractivity contribution in [3.63, 3.8) is 0 Å². The van der Waals surface area contributed by atoms with Crippen molar-refractivity contribution in [2.24, 2.45) is 0 Å². The van der Waals surface area contributed by atoms with Gasteiger partial charge in [-0.05, 0) is 45.6 Å². The highest BCUT2D eigenvalue weighted by Gasteiger charge is 2.14. The number of rotatable bonds is 5. The van der Waals surface area contributed by atoms with Crippen LogP contribution in [0.15, 0.2) is 12.1 Å². The summed E-state index contributed by atoms with van der Waals surface area (Å²) < 4.78 is 4.74. The van der Waals surface area contributed by atoms with E-state index in [2.05, 4.69) is 17.1 Å². The Bertz CT molecular complexity index is 458. The van der Waals surface area contributed by atoms with Crippen LogP contribution in [0.1, 0.15) is 22.8 Å². The van der Waals surface area contributed by atoms with Gasteiger partial charge in [0.1, 0.15) is 0 Å². The normalized spacial score (nSPS) is 12.3. The first-order valence-electron chi connectivity index (χ1n) is 6.25. The van der Waals surface area contributed by atoms with Gasteiger partial charge in [-0.2, -0.15) is 0 Å². The lowest BCUT2D eigenvalue weighted by Crippen LogP contribution is -2.31. The Labute approximate surface area is 114 Å². The molecule has 3 N–H and O–H groups in total. The number of aryl methyl sites for hydroxylation is 1. The number of benzene rings is 1. The van der Waals surface area contributed by atoms with E-state index in [4.69, 9.17) is 10.5 Å². The molecule has 0 saturated heterocycles. The molecule has 0 aliphatic carbocycles. The molecule has 106 valence electrons. The Kier molecular flexibility index (Phi) is 5.18. The fraction of sp³-hybridized carbons (Fsp3) is 0.500. The predicted molar refractivity (Wildman–Crippen MR) is 78.6 cm³/mol. The van der Waals surface area contributed by atoms with Crippen molar-refractivity contribution in [1.29, 1.82) is 0 Å². The molecule has 0 radical (unpaired) electrons. The molecule has 0 spiro atoms. The van der Waals surface area contributed by atoms with E-state index in [0.29, 0.717) is 17.3 Å². The number of nitrogens with zero attached hydrogens (tertiary/aromatic N) is 1. The van der Waals surface area contributed by atoms with E-state index in [1.54, 1.807) is 6.07 Å². The summed E-state index contributed by atoms with van der Waals surface area (Å²) in [6, 6.07) is 4.06. The van der Waals surface area contributed by atoms with Gasteiger partial charge in [0.05, 0.1) is 12.7 Å². The molecule has 0 aromatic heterocycles. The number of carbonyl (C=O) groups excluding carboxylic acids is 1. The second-order valence-electron chi connectivity index (χ2n) is 4.94. The highest BCUT2D eigenvalue weighted by atomic mass is 16.5. The molecule has 0 saturated carbocycles. The van der Waals surface area contributed by atoms with Crippen LogP contribution in [0.25, 0.3) is 0 Å². The minimum Gasteiger partial charge on any atom is -0.465 e. The van der Waals surface area contributed by atoms with Gasteiger partial charge in [0.15, 0.2) is 0 Å².